The van der Waals surface area contributed by atoms with Gasteiger partial charge in [-0.15, -0.1) is 0 Å². The number of benzene rings is 2. The number of esters is 1. The number of ketones is 1. The van der Waals surface area contributed by atoms with Crippen molar-refractivity contribution >= 4 is 33.8 Å². The highest BCUT2D eigenvalue weighted by molar-refractivity contribution is 6.11. The lowest BCUT2D eigenvalue weighted by molar-refractivity contribution is 0.0477. The number of fused-ring (bicyclic) bond motifs is 2. The van der Waals surface area contributed by atoms with Crippen LogP contribution < -0.4 is 0 Å². The monoisotopic (exact) mass is 425 g/mol. The number of carbonyl (C=O) groups is 2. The minimum absolute atomic E-state index is 0.245. The minimum Gasteiger partial charge on any atom is -0.454 e. The Morgan fingerprint density at radius 2 is 1.78 bits per heavy atom. The van der Waals surface area contributed by atoms with E-state index in [4.69, 9.17) is 9.26 Å². The SMILES string of the molecule is Cc1[nH]c2ccccc2c1C(=O)COC(=O)c1cc(-c2ccccc2)nc2onc(C)c12. The summed E-state index contributed by atoms with van der Waals surface area (Å²) < 4.78 is 10.8. The van der Waals surface area contributed by atoms with Gasteiger partial charge in [0.25, 0.3) is 5.71 Å². The van der Waals surface area contributed by atoms with Gasteiger partial charge in [0.15, 0.2) is 6.61 Å². The quantitative estimate of drug-likeness (QED) is 0.313. The number of ether oxygens (including phenoxy) is 1. The summed E-state index contributed by atoms with van der Waals surface area (Å²) in [5, 5.41) is 5.22. The summed E-state index contributed by atoms with van der Waals surface area (Å²) in [6.07, 6.45) is 0. The van der Waals surface area contributed by atoms with E-state index >= 15 is 0 Å². The minimum atomic E-state index is -0.633. The zero-order valence-corrected chi connectivity index (χ0v) is 17.5. The molecule has 3 aromatic heterocycles. The van der Waals surface area contributed by atoms with Crippen LogP contribution in [0, 0.1) is 13.8 Å². The third-order valence-electron chi connectivity index (χ3n) is 5.41. The van der Waals surface area contributed by atoms with Crippen LogP contribution >= 0.6 is 0 Å². The highest BCUT2D eigenvalue weighted by atomic mass is 16.5. The second-order valence-electron chi connectivity index (χ2n) is 7.54. The summed E-state index contributed by atoms with van der Waals surface area (Å²) in [5.74, 6) is -0.907. The predicted octanol–water partition coefficient (Wildman–Crippen LogP) is 5.03. The number of H-pyrrole nitrogens is 1. The van der Waals surface area contributed by atoms with Gasteiger partial charge in [-0.05, 0) is 26.0 Å². The van der Waals surface area contributed by atoms with Crippen LogP contribution in [0.2, 0.25) is 0 Å². The Morgan fingerprint density at radius 3 is 2.59 bits per heavy atom. The molecule has 0 radical (unpaired) electrons. The Balaban J connectivity index is 1.46. The number of nitrogens with one attached hydrogen (secondary N) is 1. The maximum absolute atomic E-state index is 13.0. The van der Waals surface area contributed by atoms with Crippen LogP contribution in [0.3, 0.4) is 0 Å². The van der Waals surface area contributed by atoms with Gasteiger partial charge in [-0.25, -0.2) is 9.78 Å². The van der Waals surface area contributed by atoms with Crippen molar-refractivity contribution in [1.82, 2.24) is 15.1 Å². The van der Waals surface area contributed by atoms with Crippen molar-refractivity contribution in [1.29, 1.82) is 0 Å². The normalized spacial score (nSPS) is 11.2. The zero-order valence-electron chi connectivity index (χ0n) is 17.5. The first-order valence-electron chi connectivity index (χ1n) is 10.1. The lowest BCUT2D eigenvalue weighted by Crippen LogP contribution is -2.15. The number of aromatic nitrogens is 3. The Bertz CT molecular complexity index is 1480. The molecule has 0 atom stereocenters. The number of rotatable bonds is 5. The van der Waals surface area contributed by atoms with E-state index in [9.17, 15) is 9.59 Å². The Kier molecular flexibility index (Phi) is 4.78. The molecular formula is C25H19N3O4. The smallest absolute Gasteiger partial charge is 0.339 e. The van der Waals surface area contributed by atoms with Crippen LogP contribution in [0.5, 0.6) is 0 Å². The number of aryl methyl sites for hydroxylation is 2. The fourth-order valence-electron chi connectivity index (χ4n) is 3.93. The molecule has 0 aliphatic carbocycles. The van der Waals surface area contributed by atoms with E-state index in [0.29, 0.717) is 22.3 Å². The lowest BCUT2D eigenvalue weighted by Gasteiger charge is -2.08. The van der Waals surface area contributed by atoms with Gasteiger partial charge < -0.3 is 14.2 Å². The number of hydrogen-bond donors (Lipinski definition) is 1. The number of aromatic amines is 1. The van der Waals surface area contributed by atoms with Gasteiger partial charge in [0, 0.05) is 27.7 Å². The molecule has 5 rings (SSSR count). The second-order valence-corrected chi connectivity index (χ2v) is 7.54. The molecule has 0 aliphatic rings. The summed E-state index contributed by atoms with van der Waals surface area (Å²) in [7, 11) is 0. The summed E-state index contributed by atoms with van der Waals surface area (Å²) in [4.78, 5) is 33.6. The lowest BCUT2D eigenvalue weighted by atomic mass is 10.1. The fraction of sp³-hybridized carbons (Fsp3) is 0.120. The molecule has 0 spiro atoms. The maximum Gasteiger partial charge on any atom is 0.339 e. The van der Waals surface area contributed by atoms with Gasteiger partial charge in [-0.2, -0.15) is 0 Å². The van der Waals surface area contributed by atoms with E-state index in [1.165, 1.54) is 0 Å². The standard InChI is InChI=1S/C25H19N3O4/c1-14-22(17-10-6-7-11-19(17)26-14)21(29)13-31-25(30)18-12-20(16-8-4-3-5-9-16)27-24-23(18)15(2)28-32-24/h3-12,26H,13H2,1-2H3. The van der Waals surface area contributed by atoms with Crippen molar-refractivity contribution in [3.05, 3.63) is 83.2 Å². The van der Waals surface area contributed by atoms with Crippen LogP contribution in [-0.2, 0) is 4.74 Å². The average Bonchev–Trinajstić information content (AvgIpc) is 3.36. The molecule has 158 valence electrons. The largest absolute Gasteiger partial charge is 0.454 e. The van der Waals surface area contributed by atoms with E-state index in [2.05, 4.69) is 15.1 Å². The van der Waals surface area contributed by atoms with Gasteiger partial charge in [-0.3, -0.25) is 4.79 Å². The third-order valence-corrected chi connectivity index (χ3v) is 5.41. The molecule has 0 aliphatic heterocycles. The van der Waals surface area contributed by atoms with E-state index in [1.54, 1.807) is 13.0 Å². The molecular weight excluding hydrogens is 406 g/mol. The van der Waals surface area contributed by atoms with Gasteiger partial charge in [-0.1, -0.05) is 53.7 Å². The van der Waals surface area contributed by atoms with E-state index in [0.717, 1.165) is 22.2 Å². The Hall–Kier alpha value is -4.26. The molecule has 7 nitrogen and oxygen atoms in total. The van der Waals surface area contributed by atoms with E-state index < -0.39 is 5.97 Å². The molecule has 32 heavy (non-hydrogen) atoms. The maximum atomic E-state index is 13.0. The number of para-hydroxylation sites is 1. The molecule has 2 aromatic carbocycles. The van der Waals surface area contributed by atoms with Crippen LogP contribution in [0.1, 0.15) is 32.1 Å². The Morgan fingerprint density at radius 1 is 1.03 bits per heavy atom. The molecule has 0 fully saturated rings. The molecule has 5 aromatic rings. The molecule has 0 unspecified atom stereocenters. The number of hydrogen-bond acceptors (Lipinski definition) is 6. The van der Waals surface area contributed by atoms with Crippen LogP contribution in [0.15, 0.2) is 65.2 Å². The number of pyridine rings is 1. The first-order valence-corrected chi connectivity index (χ1v) is 10.1. The van der Waals surface area contributed by atoms with Crippen molar-refractivity contribution in [3.63, 3.8) is 0 Å². The van der Waals surface area contributed by atoms with Crippen molar-refractivity contribution in [2.75, 3.05) is 6.61 Å². The number of carbonyl (C=O) groups excluding carboxylic acids is 2. The molecule has 7 heteroatoms. The molecule has 0 bridgehead atoms. The molecule has 1 N–H and O–H groups in total. The van der Waals surface area contributed by atoms with Crippen LogP contribution in [0.25, 0.3) is 33.3 Å². The summed E-state index contributed by atoms with van der Waals surface area (Å²) in [6, 6.07) is 18.6. The van der Waals surface area contributed by atoms with Crippen molar-refractivity contribution in [2.24, 2.45) is 0 Å². The summed E-state index contributed by atoms with van der Waals surface area (Å²) >= 11 is 0. The Labute approximate surface area is 183 Å². The first kappa shape index (κ1) is 19.7. The van der Waals surface area contributed by atoms with Crippen molar-refractivity contribution in [3.8, 4) is 11.3 Å². The number of nitrogens with zero attached hydrogens (tertiary/aromatic N) is 2. The third kappa shape index (κ3) is 3.33. The van der Waals surface area contributed by atoms with Crippen LogP contribution in [0.4, 0.5) is 0 Å². The summed E-state index contributed by atoms with van der Waals surface area (Å²) in [6.45, 7) is 3.18. The summed E-state index contributed by atoms with van der Waals surface area (Å²) in [5.41, 5.74) is 4.54. The molecule has 0 saturated heterocycles. The zero-order chi connectivity index (χ0) is 22.2. The van der Waals surface area contributed by atoms with Crippen molar-refractivity contribution in [2.45, 2.75) is 13.8 Å². The molecule has 0 saturated carbocycles. The molecule has 0 amide bonds. The molecule has 3 heterocycles. The second kappa shape index (κ2) is 7.77. The number of Topliss-reactive ketones (excluding diaryl/α,β-unsaturated/α-hetero) is 1. The highest BCUT2D eigenvalue weighted by Crippen LogP contribution is 2.28. The van der Waals surface area contributed by atoms with Crippen LogP contribution in [-0.4, -0.2) is 33.5 Å². The predicted molar refractivity (Wildman–Crippen MR) is 120 cm³/mol. The average molecular weight is 425 g/mol. The highest BCUT2D eigenvalue weighted by Gasteiger charge is 2.23. The van der Waals surface area contributed by atoms with Gasteiger partial charge in [0.1, 0.15) is 0 Å². The van der Waals surface area contributed by atoms with Gasteiger partial charge in [0.05, 0.1) is 22.3 Å². The first-order chi connectivity index (χ1) is 15.5. The topological polar surface area (TPSA) is 98.1 Å². The fourth-order valence-corrected chi connectivity index (χ4v) is 3.93. The van der Waals surface area contributed by atoms with E-state index in [1.807, 2.05) is 61.5 Å². The van der Waals surface area contributed by atoms with Gasteiger partial charge >= 0.3 is 5.97 Å². The van der Waals surface area contributed by atoms with Crippen molar-refractivity contribution < 1.29 is 18.8 Å². The van der Waals surface area contributed by atoms with Gasteiger partial charge in [0.2, 0.25) is 5.78 Å². The van der Waals surface area contributed by atoms with E-state index in [-0.39, 0.29) is 23.7 Å².